The lowest BCUT2D eigenvalue weighted by atomic mass is 9.77. The van der Waals surface area contributed by atoms with Gasteiger partial charge in [0.25, 0.3) is 0 Å². The first-order valence-corrected chi connectivity index (χ1v) is 8.74. The van der Waals surface area contributed by atoms with Crippen molar-refractivity contribution in [2.45, 2.75) is 39.2 Å². The van der Waals surface area contributed by atoms with E-state index in [0.717, 1.165) is 11.1 Å². The quantitative estimate of drug-likeness (QED) is 0.616. The van der Waals surface area contributed by atoms with Crippen molar-refractivity contribution >= 4 is 11.8 Å². The molecule has 0 fully saturated rings. The van der Waals surface area contributed by atoms with Crippen molar-refractivity contribution in [1.82, 2.24) is 0 Å². The van der Waals surface area contributed by atoms with Crippen LogP contribution >= 0.6 is 0 Å². The van der Waals surface area contributed by atoms with Crippen LogP contribution in [0.4, 0.5) is 0 Å². The summed E-state index contributed by atoms with van der Waals surface area (Å²) < 4.78 is 10.9. The second kappa shape index (κ2) is 6.60. The average molecular weight is 352 g/mol. The molecule has 0 N–H and O–H groups in total. The maximum Gasteiger partial charge on any atom is 0.321 e. The van der Waals surface area contributed by atoms with Crippen LogP contribution in [0.15, 0.2) is 48.5 Å². The highest BCUT2D eigenvalue weighted by atomic mass is 16.6. The number of hydrogen-bond donors (Lipinski definition) is 0. The highest BCUT2D eigenvalue weighted by Crippen LogP contribution is 2.42. The van der Waals surface area contributed by atoms with E-state index in [1.165, 1.54) is 0 Å². The summed E-state index contributed by atoms with van der Waals surface area (Å²) >= 11 is 0. The SMILES string of the molecule is COc1ccc2c(c1)C[C@](Cc1ccccc1)(C(=O)OC(C)(C)C)C2=O. The summed E-state index contributed by atoms with van der Waals surface area (Å²) in [6.07, 6.45) is 0.640. The van der Waals surface area contributed by atoms with Gasteiger partial charge in [-0.05, 0) is 62.9 Å². The fourth-order valence-electron chi connectivity index (χ4n) is 3.43. The summed E-state index contributed by atoms with van der Waals surface area (Å²) in [5, 5.41) is 0. The zero-order valence-electron chi connectivity index (χ0n) is 15.7. The maximum atomic E-state index is 13.3. The Morgan fingerprint density at radius 1 is 1.12 bits per heavy atom. The van der Waals surface area contributed by atoms with Gasteiger partial charge in [-0.3, -0.25) is 9.59 Å². The fraction of sp³-hybridized carbons (Fsp3) is 0.364. The molecule has 2 aromatic carbocycles. The Hall–Kier alpha value is -2.62. The molecule has 0 heterocycles. The standard InChI is InChI=1S/C22H24O4/c1-21(2,3)26-20(24)22(13-15-8-6-5-7-9-15)14-16-12-17(25-4)10-11-18(16)19(22)23/h5-12H,13-14H2,1-4H3/t22-/m0/s1. The van der Waals surface area contributed by atoms with Crippen molar-refractivity contribution in [3.8, 4) is 5.75 Å². The van der Waals surface area contributed by atoms with E-state index in [4.69, 9.17) is 9.47 Å². The minimum absolute atomic E-state index is 0.173. The van der Waals surface area contributed by atoms with E-state index in [1.54, 1.807) is 19.2 Å². The fourth-order valence-corrected chi connectivity index (χ4v) is 3.43. The number of fused-ring (bicyclic) bond motifs is 1. The van der Waals surface area contributed by atoms with Gasteiger partial charge in [0.2, 0.25) is 0 Å². The molecule has 0 aromatic heterocycles. The lowest BCUT2D eigenvalue weighted by Crippen LogP contribution is -2.43. The lowest BCUT2D eigenvalue weighted by molar-refractivity contribution is -0.164. The highest BCUT2D eigenvalue weighted by molar-refractivity contribution is 6.16. The van der Waals surface area contributed by atoms with E-state index in [-0.39, 0.29) is 5.78 Å². The first kappa shape index (κ1) is 18.2. The molecule has 0 aliphatic heterocycles. The molecule has 0 amide bonds. The number of carbonyl (C=O) groups excluding carboxylic acids is 2. The van der Waals surface area contributed by atoms with Gasteiger partial charge in [0.1, 0.15) is 16.8 Å². The number of hydrogen-bond acceptors (Lipinski definition) is 4. The van der Waals surface area contributed by atoms with Crippen LogP contribution in [0.5, 0.6) is 5.75 Å². The summed E-state index contributed by atoms with van der Waals surface area (Å²) in [6.45, 7) is 5.45. The molecule has 4 nitrogen and oxygen atoms in total. The minimum atomic E-state index is -1.23. The van der Waals surface area contributed by atoms with Crippen molar-refractivity contribution in [3.05, 3.63) is 65.2 Å². The Bertz CT molecular complexity index is 833. The molecule has 1 aliphatic rings. The highest BCUT2D eigenvalue weighted by Gasteiger charge is 2.53. The largest absolute Gasteiger partial charge is 0.497 e. The summed E-state index contributed by atoms with van der Waals surface area (Å²) in [6, 6.07) is 14.9. The van der Waals surface area contributed by atoms with Crippen molar-refractivity contribution in [2.75, 3.05) is 7.11 Å². The molecular weight excluding hydrogens is 328 g/mol. The Morgan fingerprint density at radius 2 is 1.81 bits per heavy atom. The molecule has 136 valence electrons. The van der Waals surface area contributed by atoms with Crippen LogP contribution in [0.25, 0.3) is 0 Å². The van der Waals surface area contributed by atoms with Gasteiger partial charge in [-0.2, -0.15) is 0 Å². The van der Waals surface area contributed by atoms with Crippen molar-refractivity contribution in [1.29, 1.82) is 0 Å². The van der Waals surface area contributed by atoms with Gasteiger partial charge in [-0.15, -0.1) is 0 Å². The number of Topliss-reactive ketones (excluding diaryl/α,β-unsaturated/α-hetero) is 1. The van der Waals surface area contributed by atoms with Crippen molar-refractivity contribution in [3.63, 3.8) is 0 Å². The smallest absolute Gasteiger partial charge is 0.321 e. The van der Waals surface area contributed by atoms with Crippen molar-refractivity contribution < 1.29 is 19.1 Å². The summed E-state index contributed by atoms with van der Waals surface area (Å²) in [5.74, 6) is 0.0403. The van der Waals surface area contributed by atoms with Gasteiger partial charge in [-0.25, -0.2) is 0 Å². The van der Waals surface area contributed by atoms with Crippen LogP contribution in [0, 0.1) is 5.41 Å². The second-order valence-corrected chi connectivity index (χ2v) is 7.78. The van der Waals surface area contributed by atoms with E-state index in [9.17, 15) is 9.59 Å². The molecular formula is C22H24O4. The zero-order valence-corrected chi connectivity index (χ0v) is 15.7. The first-order valence-electron chi connectivity index (χ1n) is 8.74. The van der Waals surface area contributed by atoms with Crippen LogP contribution in [0.2, 0.25) is 0 Å². The van der Waals surface area contributed by atoms with E-state index in [0.29, 0.717) is 24.2 Å². The third-order valence-electron chi connectivity index (χ3n) is 4.62. The van der Waals surface area contributed by atoms with Gasteiger partial charge in [0.05, 0.1) is 7.11 Å². The summed E-state index contributed by atoms with van der Waals surface area (Å²) in [4.78, 5) is 26.5. The molecule has 0 spiro atoms. The molecule has 2 aromatic rings. The summed E-state index contributed by atoms with van der Waals surface area (Å²) in [5.41, 5.74) is 0.451. The van der Waals surface area contributed by atoms with Gasteiger partial charge >= 0.3 is 5.97 Å². The molecule has 0 radical (unpaired) electrons. The molecule has 0 saturated carbocycles. The molecule has 1 atom stereocenters. The molecule has 0 unspecified atom stereocenters. The zero-order chi connectivity index (χ0) is 18.9. The topological polar surface area (TPSA) is 52.6 Å². The second-order valence-electron chi connectivity index (χ2n) is 7.78. The monoisotopic (exact) mass is 352 g/mol. The number of carbonyl (C=O) groups is 2. The van der Waals surface area contributed by atoms with Gasteiger partial charge < -0.3 is 9.47 Å². The van der Waals surface area contributed by atoms with Crippen molar-refractivity contribution in [2.24, 2.45) is 5.41 Å². The summed E-state index contributed by atoms with van der Waals surface area (Å²) in [7, 11) is 1.59. The maximum absolute atomic E-state index is 13.3. The predicted octanol–water partition coefficient (Wildman–Crippen LogP) is 4.00. The van der Waals surface area contributed by atoms with Crippen LogP contribution in [-0.4, -0.2) is 24.5 Å². The van der Waals surface area contributed by atoms with E-state index in [2.05, 4.69) is 0 Å². The van der Waals surface area contributed by atoms with Gasteiger partial charge in [0, 0.05) is 5.56 Å². The Kier molecular flexibility index (Phi) is 4.61. The molecule has 26 heavy (non-hydrogen) atoms. The number of ether oxygens (including phenoxy) is 2. The normalized spacial score (nSPS) is 19.2. The van der Waals surface area contributed by atoms with E-state index < -0.39 is 17.0 Å². The molecule has 3 rings (SSSR count). The van der Waals surface area contributed by atoms with E-state index in [1.807, 2.05) is 57.2 Å². The van der Waals surface area contributed by atoms with Crippen LogP contribution < -0.4 is 4.74 Å². The van der Waals surface area contributed by atoms with Crippen LogP contribution in [-0.2, 0) is 22.4 Å². The lowest BCUT2D eigenvalue weighted by Gasteiger charge is -2.30. The van der Waals surface area contributed by atoms with Crippen LogP contribution in [0.3, 0.4) is 0 Å². The van der Waals surface area contributed by atoms with Gasteiger partial charge in [0.15, 0.2) is 5.78 Å². The number of esters is 1. The number of rotatable bonds is 4. The Morgan fingerprint density at radius 3 is 2.42 bits per heavy atom. The number of ketones is 1. The Balaban J connectivity index is 2.04. The number of methoxy groups -OCH3 is 1. The first-order chi connectivity index (χ1) is 12.2. The average Bonchev–Trinajstić information content (AvgIpc) is 2.87. The van der Waals surface area contributed by atoms with Crippen LogP contribution in [0.1, 0.15) is 42.3 Å². The molecule has 1 aliphatic carbocycles. The molecule has 0 bridgehead atoms. The third-order valence-corrected chi connectivity index (χ3v) is 4.62. The predicted molar refractivity (Wildman–Crippen MR) is 99.5 cm³/mol. The minimum Gasteiger partial charge on any atom is -0.497 e. The Labute approximate surface area is 154 Å². The number of benzene rings is 2. The third kappa shape index (κ3) is 3.36. The van der Waals surface area contributed by atoms with Gasteiger partial charge in [-0.1, -0.05) is 30.3 Å². The molecule has 0 saturated heterocycles. The molecule has 4 heteroatoms. The van der Waals surface area contributed by atoms with E-state index >= 15 is 0 Å².